The summed E-state index contributed by atoms with van der Waals surface area (Å²) in [7, 11) is 0. The Morgan fingerprint density at radius 2 is 2.00 bits per heavy atom. The highest BCUT2D eigenvalue weighted by atomic mass is 16.6. The Bertz CT molecular complexity index is 325. The number of non-ortho nitro benzene ring substituents is 1. The van der Waals surface area contributed by atoms with E-state index in [1.165, 1.54) is 12.1 Å². The summed E-state index contributed by atoms with van der Waals surface area (Å²) in [5.74, 6) is 0. The maximum absolute atomic E-state index is 10.3. The molecule has 3 N–H and O–H groups in total. The topological polar surface area (TPSA) is 95.6 Å². The van der Waals surface area contributed by atoms with Gasteiger partial charge in [-0.05, 0) is 12.1 Å². The fourth-order valence-electron chi connectivity index (χ4n) is 1.00. The number of nitro groups is 1. The van der Waals surface area contributed by atoms with Gasteiger partial charge in [0.1, 0.15) is 0 Å². The maximum Gasteiger partial charge on any atom is 0.269 e. The Hall–Kier alpha value is -1.66. The van der Waals surface area contributed by atoms with Gasteiger partial charge in [-0.25, -0.2) is 0 Å². The zero-order valence-electron chi connectivity index (χ0n) is 7.96. The second-order valence-corrected chi connectivity index (χ2v) is 3.02. The molecule has 0 heterocycles. The van der Waals surface area contributed by atoms with Gasteiger partial charge in [0.25, 0.3) is 5.69 Å². The lowest BCUT2D eigenvalue weighted by Gasteiger charge is -2.09. The number of benzene rings is 1. The first-order valence-electron chi connectivity index (χ1n) is 4.40. The third-order valence-electron chi connectivity index (χ3n) is 1.83. The number of aliphatic hydroxyl groups excluding tert-OH is 2. The van der Waals surface area contributed by atoms with Crippen LogP contribution in [0.5, 0.6) is 0 Å². The minimum Gasteiger partial charge on any atom is -0.394 e. The lowest BCUT2D eigenvalue weighted by Crippen LogP contribution is -2.22. The molecule has 0 aliphatic rings. The standard InChI is InChI=1S/C9H12N2O4/c12-6-9(13)5-10-7-1-3-8(4-2-7)11(14)15/h1-4,9-10,12-13H,5-6H2/t9-/m1/s1. The van der Waals surface area contributed by atoms with Gasteiger partial charge < -0.3 is 15.5 Å². The van der Waals surface area contributed by atoms with Gasteiger partial charge in [0.05, 0.1) is 17.6 Å². The largest absolute Gasteiger partial charge is 0.394 e. The summed E-state index contributed by atoms with van der Waals surface area (Å²) in [6.45, 7) is -0.117. The Kier molecular flexibility index (Phi) is 4.02. The predicted octanol–water partition coefficient (Wildman–Crippen LogP) is 0.360. The molecule has 0 bridgehead atoms. The minimum atomic E-state index is -0.833. The van der Waals surface area contributed by atoms with Gasteiger partial charge in [-0.15, -0.1) is 0 Å². The summed E-state index contributed by atoms with van der Waals surface area (Å²) in [5, 5.41) is 30.8. The second kappa shape index (κ2) is 5.28. The van der Waals surface area contributed by atoms with Crippen LogP contribution in [0.15, 0.2) is 24.3 Å². The van der Waals surface area contributed by atoms with Crippen LogP contribution in [0.3, 0.4) is 0 Å². The van der Waals surface area contributed by atoms with Crippen molar-refractivity contribution < 1.29 is 15.1 Å². The molecule has 1 aromatic carbocycles. The number of hydrogen-bond donors (Lipinski definition) is 3. The predicted molar refractivity (Wildman–Crippen MR) is 54.7 cm³/mol. The van der Waals surface area contributed by atoms with Crippen molar-refractivity contribution in [3.05, 3.63) is 34.4 Å². The van der Waals surface area contributed by atoms with Gasteiger partial charge in [0, 0.05) is 24.4 Å². The number of nitrogens with one attached hydrogen (secondary N) is 1. The number of hydrogen-bond acceptors (Lipinski definition) is 5. The molecule has 0 aromatic heterocycles. The van der Waals surface area contributed by atoms with Crippen LogP contribution < -0.4 is 5.32 Å². The van der Waals surface area contributed by atoms with Crippen molar-refractivity contribution in [2.24, 2.45) is 0 Å². The average molecular weight is 212 g/mol. The molecule has 0 aliphatic carbocycles. The molecule has 1 rings (SSSR count). The fraction of sp³-hybridized carbons (Fsp3) is 0.333. The van der Waals surface area contributed by atoms with E-state index in [9.17, 15) is 10.1 Å². The van der Waals surface area contributed by atoms with Crippen molar-refractivity contribution in [2.45, 2.75) is 6.10 Å². The van der Waals surface area contributed by atoms with Crippen LogP contribution in [0.1, 0.15) is 0 Å². The highest BCUT2D eigenvalue weighted by Gasteiger charge is 2.05. The van der Waals surface area contributed by atoms with Crippen molar-refractivity contribution >= 4 is 11.4 Å². The van der Waals surface area contributed by atoms with Gasteiger partial charge in [-0.2, -0.15) is 0 Å². The fourth-order valence-corrected chi connectivity index (χ4v) is 1.00. The first-order valence-corrected chi connectivity index (χ1v) is 4.40. The van der Waals surface area contributed by atoms with Crippen LogP contribution in [-0.2, 0) is 0 Å². The lowest BCUT2D eigenvalue weighted by molar-refractivity contribution is -0.384. The van der Waals surface area contributed by atoms with Gasteiger partial charge >= 0.3 is 0 Å². The Balaban J connectivity index is 2.53. The summed E-state index contributed by atoms with van der Waals surface area (Å²) >= 11 is 0. The number of anilines is 1. The smallest absolute Gasteiger partial charge is 0.269 e. The highest BCUT2D eigenvalue weighted by molar-refractivity contribution is 5.48. The molecule has 6 nitrogen and oxygen atoms in total. The Morgan fingerprint density at radius 3 is 2.47 bits per heavy atom. The average Bonchev–Trinajstić information content (AvgIpc) is 2.26. The maximum atomic E-state index is 10.3. The van der Waals surface area contributed by atoms with Crippen LogP contribution in [0, 0.1) is 10.1 Å². The lowest BCUT2D eigenvalue weighted by atomic mass is 10.2. The molecule has 0 amide bonds. The molecule has 0 radical (unpaired) electrons. The van der Waals surface area contributed by atoms with E-state index in [2.05, 4.69) is 5.32 Å². The van der Waals surface area contributed by atoms with Crippen molar-refractivity contribution in [1.29, 1.82) is 0 Å². The number of nitrogens with zero attached hydrogens (tertiary/aromatic N) is 1. The van der Waals surface area contributed by atoms with Crippen LogP contribution >= 0.6 is 0 Å². The quantitative estimate of drug-likeness (QED) is 0.483. The van der Waals surface area contributed by atoms with E-state index >= 15 is 0 Å². The molecule has 0 saturated heterocycles. The van der Waals surface area contributed by atoms with Crippen LogP contribution in [-0.4, -0.2) is 34.4 Å². The van der Waals surface area contributed by atoms with Crippen molar-refractivity contribution in [1.82, 2.24) is 0 Å². The summed E-state index contributed by atoms with van der Waals surface area (Å²) in [6.07, 6.45) is -0.833. The summed E-state index contributed by atoms with van der Waals surface area (Å²) in [6, 6.07) is 5.83. The first kappa shape index (κ1) is 11.4. The van der Waals surface area contributed by atoms with E-state index in [-0.39, 0.29) is 18.8 Å². The van der Waals surface area contributed by atoms with Crippen molar-refractivity contribution in [2.75, 3.05) is 18.5 Å². The second-order valence-electron chi connectivity index (χ2n) is 3.02. The van der Waals surface area contributed by atoms with Gasteiger partial charge in [0.15, 0.2) is 0 Å². The molecular weight excluding hydrogens is 200 g/mol. The number of rotatable bonds is 5. The normalized spacial score (nSPS) is 12.1. The molecular formula is C9H12N2O4. The third kappa shape index (κ3) is 3.53. The van der Waals surface area contributed by atoms with E-state index in [0.717, 1.165) is 0 Å². The summed E-state index contributed by atoms with van der Waals surface area (Å²) in [4.78, 5) is 9.86. The molecule has 0 spiro atoms. The van der Waals surface area contributed by atoms with Crippen molar-refractivity contribution in [3.8, 4) is 0 Å². The molecule has 0 fully saturated rings. The molecule has 0 saturated carbocycles. The zero-order chi connectivity index (χ0) is 11.3. The van der Waals surface area contributed by atoms with E-state index in [4.69, 9.17) is 10.2 Å². The first-order chi connectivity index (χ1) is 7.13. The van der Waals surface area contributed by atoms with Gasteiger partial charge in [-0.3, -0.25) is 10.1 Å². The van der Waals surface area contributed by atoms with Crippen LogP contribution in [0.4, 0.5) is 11.4 Å². The molecule has 1 aromatic rings. The highest BCUT2D eigenvalue weighted by Crippen LogP contribution is 2.15. The number of nitro benzene ring substituents is 1. The Morgan fingerprint density at radius 1 is 1.40 bits per heavy atom. The van der Waals surface area contributed by atoms with E-state index in [1.54, 1.807) is 12.1 Å². The van der Waals surface area contributed by atoms with Crippen LogP contribution in [0.25, 0.3) is 0 Å². The Labute approximate surface area is 86.3 Å². The molecule has 15 heavy (non-hydrogen) atoms. The van der Waals surface area contributed by atoms with E-state index < -0.39 is 11.0 Å². The molecule has 0 aliphatic heterocycles. The SMILES string of the molecule is O=[N+]([O-])c1ccc(NC[C@@H](O)CO)cc1. The monoisotopic (exact) mass is 212 g/mol. The van der Waals surface area contributed by atoms with Gasteiger partial charge in [0.2, 0.25) is 0 Å². The van der Waals surface area contributed by atoms with Crippen molar-refractivity contribution in [3.63, 3.8) is 0 Å². The van der Waals surface area contributed by atoms with Gasteiger partial charge in [-0.1, -0.05) is 0 Å². The van der Waals surface area contributed by atoms with Crippen LogP contribution in [0.2, 0.25) is 0 Å². The minimum absolute atomic E-state index is 0.0169. The molecule has 1 atom stereocenters. The van der Waals surface area contributed by atoms with E-state index in [1.807, 2.05) is 0 Å². The molecule has 82 valence electrons. The summed E-state index contributed by atoms with van der Waals surface area (Å²) < 4.78 is 0. The van der Waals surface area contributed by atoms with E-state index in [0.29, 0.717) is 5.69 Å². The molecule has 0 unspecified atom stereocenters. The third-order valence-corrected chi connectivity index (χ3v) is 1.83. The molecule has 6 heteroatoms. The zero-order valence-corrected chi connectivity index (χ0v) is 7.96. The number of aliphatic hydroxyl groups is 2. The summed E-state index contributed by atoms with van der Waals surface area (Å²) in [5.41, 5.74) is 0.677.